The average Bonchev–Trinajstić information content (AvgIpc) is 2.14. The van der Waals surface area contributed by atoms with Gasteiger partial charge in [0.15, 0.2) is 12.5 Å². The Balaban J connectivity index is 2.51. The zero-order valence-electron chi connectivity index (χ0n) is 3.87. The molecule has 0 aromatic rings. The van der Waals surface area contributed by atoms with E-state index in [9.17, 15) is 0 Å². The van der Waals surface area contributed by atoms with Gasteiger partial charge in [0.1, 0.15) is 0 Å². The minimum Gasteiger partial charge on any atom is -0.256 e. The predicted octanol–water partition coefficient (Wildman–Crippen LogP) is 2.31. The predicted molar refractivity (Wildman–Crippen MR) is 31.1 cm³/mol. The maximum atomic E-state index is 4.95. The van der Waals surface area contributed by atoms with Crippen molar-refractivity contribution < 1.29 is 9.05 Å². The van der Waals surface area contributed by atoms with Crippen LogP contribution < -0.4 is 0 Å². The SMILES string of the molecule is CP=[P+]1OC=CO1. The first-order valence-electron chi connectivity index (χ1n) is 1.82. The van der Waals surface area contributed by atoms with Crippen molar-refractivity contribution in [1.29, 1.82) is 0 Å². The van der Waals surface area contributed by atoms with Gasteiger partial charge in [0.2, 0.25) is 7.87 Å². The standard InChI is InChI=1S/C3H5O2P2/c1-6-7-4-2-3-5-7/h2-3H,1H3/q+1. The van der Waals surface area contributed by atoms with Gasteiger partial charge in [0.25, 0.3) is 0 Å². The maximum Gasteiger partial charge on any atom is 0.551 e. The fourth-order valence-electron chi connectivity index (χ4n) is 0.273. The molecule has 7 heavy (non-hydrogen) atoms. The van der Waals surface area contributed by atoms with Crippen LogP contribution in [-0.2, 0) is 9.05 Å². The molecule has 0 amide bonds. The highest BCUT2D eigenvalue weighted by Crippen LogP contribution is 2.40. The highest BCUT2D eigenvalue weighted by Gasteiger charge is 2.15. The molecule has 0 unspecified atom stereocenters. The lowest BCUT2D eigenvalue weighted by Gasteiger charge is -1.70. The molecule has 1 heterocycles. The second kappa shape index (κ2) is 2.30. The monoisotopic (exact) mass is 135 g/mol. The molecule has 0 N–H and O–H groups in total. The van der Waals surface area contributed by atoms with Crippen LogP contribution in [0.5, 0.6) is 0 Å². The molecule has 1 rings (SSSR count). The summed E-state index contributed by atoms with van der Waals surface area (Å²) in [5.74, 6) is 0. The van der Waals surface area contributed by atoms with Gasteiger partial charge in [-0.2, -0.15) is 0 Å². The summed E-state index contributed by atoms with van der Waals surface area (Å²) in [5, 5.41) is 0. The summed E-state index contributed by atoms with van der Waals surface area (Å²) in [5.41, 5.74) is 0. The first kappa shape index (κ1) is 5.08. The molecule has 0 atom stereocenters. The van der Waals surface area contributed by atoms with Crippen molar-refractivity contribution in [2.75, 3.05) is 6.66 Å². The zero-order chi connectivity index (χ0) is 5.11. The molecule has 4 heteroatoms. The molecular formula is C3H5O2P2+. The van der Waals surface area contributed by atoms with E-state index >= 15 is 0 Å². The second-order valence-corrected chi connectivity index (χ2v) is 4.40. The van der Waals surface area contributed by atoms with Gasteiger partial charge >= 0.3 is 7.66 Å². The molecule has 1 aliphatic rings. The molecule has 38 valence electrons. The minimum absolute atomic E-state index is 0.582. The van der Waals surface area contributed by atoms with Crippen LogP contribution in [0.3, 0.4) is 0 Å². The Hall–Kier alpha value is -0.0600. The fourth-order valence-corrected chi connectivity index (χ4v) is 1.71. The lowest BCUT2D eigenvalue weighted by Crippen LogP contribution is -1.48. The Morgan fingerprint density at radius 3 is 2.29 bits per heavy atom. The van der Waals surface area contributed by atoms with Crippen LogP contribution in [0.1, 0.15) is 0 Å². The molecule has 2 nitrogen and oxygen atoms in total. The topological polar surface area (TPSA) is 18.5 Å². The number of rotatable bonds is 0. The minimum atomic E-state index is -0.582. The van der Waals surface area contributed by atoms with Gasteiger partial charge in [-0.3, -0.25) is 9.05 Å². The quantitative estimate of drug-likeness (QED) is 0.474. The molecule has 0 aromatic heterocycles. The lowest BCUT2D eigenvalue weighted by molar-refractivity contribution is 0.501. The van der Waals surface area contributed by atoms with Gasteiger partial charge in [0, 0.05) is 6.66 Å². The molecule has 0 aromatic carbocycles. The fraction of sp³-hybridized carbons (Fsp3) is 0.333. The number of hydrogen-bond donors (Lipinski definition) is 0. The molecule has 0 saturated carbocycles. The van der Waals surface area contributed by atoms with E-state index in [1.807, 2.05) is 6.66 Å². The van der Waals surface area contributed by atoms with Crippen LogP contribution in [-0.4, -0.2) is 6.66 Å². The van der Waals surface area contributed by atoms with Crippen LogP contribution in [0.2, 0.25) is 0 Å². The van der Waals surface area contributed by atoms with E-state index < -0.39 is 7.66 Å². The van der Waals surface area contributed by atoms with Gasteiger partial charge in [-0.1, -0.05) is 0 Å². The Labute approximate surface area is 44.7 Å². The molecule has 1 aliphatic heterocycles. The Morgan fingerprint density at radius 1 is 1.43 bits per heavy atom. The Bertz CT molecular complexity index is 108. The van der Waals surface area contributed by atoms with Gasteiger partial charge < -0.3 is 0 Å². The van der Waals surface area contributed by atoms with Gasteiger partial charge in [-0.05, 0) is 0 Å². The van der Waals surface area contributed by atoms with Crippen molar-refractivity contribution in [3.05, 3.63) is 12.5 Å². The molecule has 0 spiro atoms. The molecule has 0 bridgehead atoms. The first-order valence-corrected chi connectivity index (χ1v) is 5.04. The van der Waals surface area contributed by atoms with Gasteiger partial charge in [-0.25, -0.2) is 0 Å². The lowest BCUT2D eigenvalue weighted by atomic mass is 11.1. The molecule has 0 aliphatic carbocycles. The van der Waals surface area contributed by atoms with Crippen LogP contribution in [0, 0.1) is 0 Å². The van der Waals surface area contributed by atoms with Crippen molar-refractivity contribution in [3.8, 4) is 0 Å². The van der Waals surface area contributed by atoms with Crippen LogP contribution in [0.25, 0.3) is 0 Å². The van der Waals surface area contributed by atoms with E-state index in [4.69, 9.17) is 9.05 Å². The third-order valence-corrected chi connectivity index (χ3v) is 3.00. The van der Waals surface area contributed by atoms with E-state index in [-0.39, 0.29) is 0 Å². The third-order valence-electron chi connectivity index (χ3n) is 0.521. The van der Waals surface area contributed by atoms with E-state index in [1.165, 1.54) is 7.87 Å². The molecule has 0 fully saturated rings. The summed E-state index contributed by atoms with van der Waals surface area (Å²) in [6, 6.07) is 0. The second-order valence-electron chi connectivity index (χ2n) is 0.921. The normalized spacial score (nSPS) is 17.0. The molecular weight excluding hydrogens is 130 g/mol. The maximum absolute atomic E-state index is 4.95. The summed E-state index contributed by atoms with van der Waals surface area (Å²) in [6.45, 7) is 2.01. The van der Waals surface area contributed by atoms with Crippen LogP contribution in [0.4, 0.5) is 0 Å². The summed E-state index contributed by atoms with van der Waals surface area (Å²) < 4.78 is 9.90. The van der Waals surface area contributed by atoms with E-state index in [0.717, 1.165) is 0 Å². The first-order chi connectivity index (χ1) is 3.43. The highest BCUT2D eigenvalue weighted by molar-refractivity contribution is 7.88. The van der Waals surface area contributed by atoms with Crippen LogP contribution >= 0.6 is 15.5 Å². The number of hydrogen-bond acceptors (Lipinski definition) is 2. The largest absolute Gasteiger partial charge is 0.551 e. The summed E-state index contributed by atoms with van der Waals surface area (Å²) in [6.07, 6.45) is 3.17. The highest BCUT2D eigenvalue weighted by atomic mass is 31.8. The average molecular weight is 135 g/mol. The molecule has 0 saturated heterocycles. The van der Waals surface area contributed by atoms with Gasteiger partial charge in [0.05, 0.1) is 0 Å². The van der Waals surface area contributed by atoms with E-state index in [2.05, 4.69) is 0 Å². The van der Waals surface area contributed by atoms with Gasteiger partial charge in [-0.15, -0.1) is 0 Å². The third kappa shape index (κ3) is 1.15. The summed E-state index contributed by atoms with van der Waals surface area (Å²) in [7, 11) is 0.598. The Morgan fingerprint density at radius 2 is 2.00 bits per heavy atom. The summed E-state index contributed by atoms with van der Waals surface area (Å²) >= 11 is 0. The Kier molecular flexibility index (Phi) is 1.67. The smallest absolute Gasteiger partial charge is 0.256 e. The van der Waals surface area contributed by atoms with Crippen molar-refractivity contribution >= 4 is 15.5 Å². The molecule has 0 radical (unpaired) electrons. The summed E-state index contributed by atoms with van der Waals surface area (Å²) in [4.78, 5) is 0. The van der Waals surface area contributed by atoms with Crippen molar-refractivity contribution in [2.45, 2.75) is 0 Å². The van der Waals surface area contributed by atoms with Crippen LogP contribution in [0.15, 0.2) is 12.5 Å². The van der Waals surface area contributed by atoms with Crippen molar-refractivity contribution in [3.63, 3.8) is 0 Å². The van der Waals surface area contributed by atoms with Crippen molar-refractivity contribution in [1.82, 2.24) is 0 Å². The zero-order valence-corrected chi connectivity index (χ0v) is 5.65. The van der Waals surface area contributed by atoms with E-state index in [0.29, 0.717) is 0 Å². The van der Waals surface area contributed by atoms with E-state index in [1.54, 1.807) is 12.5 Å². The van der Waals surface area contributed by atoms with Crippen molar-refractivity contribution in [2.24, 2.45) is 0 Å².